The molecule has 1 heterocycles. The molecule has 0 aromatic rings. The van der Waals surface area contributed by atoms with E-state index < -0.39 is 34.3 Å². The van der Waals surface area contributed by atoms with Crippen molar-refractivity contribution < 1.29 is 32.2 Å². The molecule has 0 aromatic carbocycles. The van der Waals surface area contributed by atoms with E-state index in [0.29, 0.717) is 12.3 Å². The van der Waals surface area contributed by atoms with Crippen LogP contribution >= 0.6 is 14.3 Å². The van der Waals surface area contributed by atoms with Crippen LogP contribution in [0.15, 0.2) is 0 Å². The molecule has 2 saturated carbocycles. The van der Waals surface area contributed by atoms with E-state index >= 15 is 0 Å². The van der Waals surface area contributed by atoms with Crippen molar-refractivity contribution in [3.63, 3.8) is 0 Å². The van der Waals surface area contributed by atoms with E-state index in [0.717, 1.165) is 26.1 Å². The summed E-state index contributed by atoms with van der Waals surface area (Å²) in [6, 6.07) is 0. The lowest BCUT2D eigenvalue weighted by Crippen LogP contribution is -2.46. The molecule has 0 radical (unpaired) electrons. The molecule has 7 nitrogen and oxygen atoms in total. The number of aliphatic hydroxyl groups excluding tert-OH is 1. The number of ketones is 1. The van der Waals surface area contributed by atoms with Gasteiger partial charge in [0.05, 0.1) is 24.0 Å². The number of carbonyl (C=O) groups excluding carboxylic acids is 1. The quantitative estimate of drug-likeness (QED) is 0.321. The summed E-state index contributed by atoms with van der Waals surface area (Å²) >= 11 is 0. The maximum absolute atomic E-state index is 12.5. The molecule has 3 rings (SSSR count). The molecule has 40 heavy (non-hydrogen) atoms. The molecule has 1 saturated heterocycles. The smallest absolute Gasteiger partial charge is 0.156 e. The van der Waals surface area contributed by atoms with Crippen LogP contribution in [0.1, 0.15) is 108 Å². The van der Waals surface area contributed by atoms with E-state index in [9.17, 15) is 22.3 Å². The van der Waals surface area contributed by atoms with Gasteiger partial charge in [-0.3, -0.25) is 4.79 Å². The Balaban J connectivity index is 0.000000578. The van der Waals surface area contributed by atoms with Crippen molar-refractivity contribution in [2.24, 2.45) is 16.7 Å². The van der Waals surface area contributed by atoms with Crippen molar-refractivity contribution in [3.8, 4) is 0 Å². The predicted octanol–water partition coefficient (Wildman–Crippen LogP) is 7.53. The third kappa shape index (κ3) is 10.0. The number of carbonyl (C=O) groups is 1. The number of aliphatic hydroxyl groups is 1. The van der Waals surface area contributed by atoms with Crippen LogP contribution in [0.25, 0.3) is 0 Å². The monoisotopic (exact) mass is 628 g/mol. The van der Waals surface area contributed by atoms with E-state index in [4.69, 9.17) is 9.84 Å². The van der Waals surface area contributed by atoms with Crippen LogP contribution in [0.4, 0.5) is 0 Å². The molecule has 2 bridgehead atoms. The molecule has 0 spiro atoms. The lowest BCUT2D eigenvalue weighted by molar-refractivity contribution is -0.128. The van der Waals surface area contributed by atoms with E-state index in [1.165, 1.54) is 12.8 Å². The van der Waals surface area contributed by atoms with Gasteiger partial charge >= 0.3 is 0 Å². The zero-order valence-electron chi connectivity index (χ0n) is 28.1. The van der Waals surface area contributed by atoms with Gasteiger partial charge in [-0.15, -0.1) is 0 Å². The van der Waals surface area contributed by atoms with Gasteiger partial charge in [-0.2, -0.15) is 0 Å². The van der Waals surface area contributed by atoms with E-state index in [1.54, 1.807) is 27.4 Å². The zero-order valence-corrected chi connectivity index (χ0v) is 30.7. The van der Waals surface area contributed by atoms with Crippen molar-refractivity contribution >= 4 is 29.9 Å². The average Bonchev–Trinajstić information content (AvgIpc) is 3.42. The van der Waals surface area contributed by atoms with Gasteiger partial charge in [0, 0.05) is 35.4 Å². The first-order valence-corrected chi connectivity index (χ1v) is 21.2. The van der Waals surface area contributed by atoms with Crippen LogP contribution in [-0.4, -0.2) is 79.7 Å². The number of sulfone groups is 1. The molecule has 240 valence electrons. The lowest BCUT2D eigenvalue weighted by atomic mass is 9.70. The molecule has 0 amide bonds. The van der Waals surface area contributed by atoms with Crippen LogP contribution in [0.2, 0.25) is 0 Å². The largest absolute Gasteiger partial charge is 0.389 e. The summed E-state index contributed by atoms with van der Waals surface area (Å²) in [5.74, 6) is 0.586. The summed E-state index contributed by atoms with van der Waals surface area (Å²) in [6.45, 7) is 28.3. The number of ether oxygens (including phenoxy) is 1. The lowest BCUT2D eigenvalue weighted by Gasteiger charge is -2.38. The molecule has 2 aliphatic carbocycles. The Hall–Kier alpha value is 0. The predicted molar refractivity (Wildman–Crippen MR) is 172 cm³/mol. The highest BCUT2D eigenvalue weighted by Gasteiger charge is 2.65. The number of hydrogen-bond donors (Lipinski definition) is 1. The highest BCUT2D eigenvalue weighted by Crippen LogP contribution is 2.64. The van der Waals surface area contributed by atoms with Gasteiger partial charge < -0.3 is 19.0 Å². The van der Waals surface area contributed by atoms with Crippen LogP contribution in [0, 0.1) is 16.7 Å². The van der Waals surface area contributed by atoms with Crippen LogP contribution in [0.3, 0.4) is 0 Å². The Kier molecular flexibility index (Phi) is 13.7. The second-order valence-electron chi connectivity index (χ2n) is 15.8. The second-order valence-corrected chi connectivity index (χ2v) is 26.4. The molecule has 0 aromatic heterocycles. The normalized spacial score (nSPS) is 26.0. The van der Waals surface area contributed by atoms with Crippen molar-refractivity contribution in [1.29, 1.82) is 0 Å². The average molecular weight is 629 g/mol. The molecular weight excluding hydrogens is 566 g/mol. The maximum atomic E-state index is 12.5. The van der Waals surface area contributed by atoms with Crippen molar-refractivity contribution in [3.05, 3.63) is 0 Å². The first kappa shape index (κ1) is 40.0. The Labute approximate surface area is 247 Å². The van der Waals surface area contributed by atoms with Gasteiger partial charge in [0.1, 0.15) is 12.9 Å². The van der Waals surface area contributed by atoms with Crippen molar-refractivity contribution in [2.75, 3.05) is 45.3 Å². The standard InChI is InChI=1S/C14H24O3S.C6H15O2P.C6H15OP.C4H8O/c1-12(2,3)18(16,17)9-14-7-6-10(8-11(14)15)13(14,4)5;1-6(2,3)9(4,8)5-7;1-6(2,3)8(4,5)7;1-2-4-5-3-1/h10H,6-9H2,1-5H3;7H,5H2,1-4H3;1-5H3;1-4H2/t10?,14-;9-;;/m11../s1. The number of rotatable bonds is 3. The molecule has 3 aliphatic rings. The molecule has 1 N–H and O–H groups in total. The number of fused-ring (bicyclic) bond motifs is 2. The SMILES string of the molecule is C1CCOC1.CC(C)(C)P(C)(C)=O.CC(C)(C)[P@](C)(=O)CO.CC1(C)C2CC[C@@]1(CS(=O)(=O)C(C)(C)C)C(=O)C2. The van der Waals surface area contributed by atoms with Crippen molar-refractivity contribution in [2.45, 2.75) is 123 Å². The first-order valence-electron chi connectivity index (χ1n) is 14.6. The number of Topliss-reactive ketones (excluding diaryl/α,β-unsaturated/α-hetero) is 1. The highest BCUT2D eigenvalue weighted by molar-refractivity contribution is 7.92. The minimum Gasteiger partial charge on any atom is -0.389 e. The summed E-state index contributed by atoms with van der Waals surface area (Å²) in [6.07, 6.45) is 4.69. The van der Waals surface area contributed by atoms with E-state index in [-0.39, 0.29) is 33.6 Å². The summed E-state index contributed by atoms with van der Waals surface area (Å²) in [5, 5.41) is 8.41. The van der Waals surface area contributed by atoms with Crippen LogP contribution in [-0.2, 0) is 28.5 Å². The first-order chi connectivity index (χ1) is 17.5. The topological polar surface area (TPSA) is 115 Å². The van der Waals surface area contributed by atoms with Gasteiger partial charge in [0.15, 0.2) is 9.84 Å². The van der Waals surface area contributed by atoms with Gasteiger partial charge in [-0.1, -0.05) is 55.4 Å². The maximum Gasteiger partial charge on any atom is 0.156 e. The fraction of sp³-hybridized carbons (Fsp3) is 0.967. The summed E-state index contributed by atoms with van der Waals surface area (Å²) < 4.78 is 51.7. The van der Waals surface area contributed by atoms with Gasteiger partial charge in [-0.25, -0.2) is 8.42 Å². The Morgan fingerprint density at radius 2 is 1.32 bits per heavy atom. The zero-order chi connectivity index (χ0) is 32.2. The van der Waals surface area contributed by atoms with Crippen LogP contribution in [0.5, 0.6) is 0 Å². The molecule has 3 fully saturated rings. The van der Waals surface area contributed by atoms with E-state index in [2.05, 4.69) is 13.8 Å². The number of hydrogen-bond acceptors (Lipinski definition) is 7. The van der Waals surface area contributed by atoms with Gasteiger partial charge in [-0.05, 0) is 77.8 Å². The molecule has 3 atom stereocenters. The summed E-state index contributed by atoms with van der Waals surface area (Å²) in [5.41, 5.74) is -0.786. The third-order valence-electron chi connectivity index (χ3n) is 9.64. The summed E-state index contributed by atoms with van der Waals surface area (Å²) in [7, 11) is -7.40. The van der Waals surface area contributed by atoms with E-state index in [1.807, 2.05) is 54.9 Å². The van der Waals surface area contributed by atoms with Gasteiger partial charge in [0.2, 0.25) is 0 Å². The summed E-state index contributed by atoms with van der Waals surface area (Å²) in [4.78, 5) is 12.3. The molecule has 10 heteroatoms. The Morgan fingerprint density at radius 3 is 1.50 bits per heavy atom. The second kappa shape index (κ2) is 13.7. The Morgan fingerprint density at radius 1 is 0.900 bits per heavy atom. The van der Waals surface area contributed by atoms with Gasteiger partial charge in [0.25, 0.3) is 0 Å². The van der Waals surface area contributed by atoms with Crippen LogP contribution < -0.4 is 0 Å². The molecule has 1 aliphatic heterocycles. The minimum atomic E-state index is -3.25. The third-order valence-corrected chi connectivity index (χ3v) is 19.0. The Bertz CT molecular complexity index is 1030. The van der Waals surface area contributed by atoms with Crippen molar-refractivity contribution in [1.82, 2.24) is 0 Å². The fourth-order valence-corrected chi connectivity index (χ4v) is 6.55. The highest BCUT2D eigenvalue weighted by atomic mass is 32.2. The molecular formula is C30H62O7P2S. The minimum absolute atomic E-state index is 0.00694. The molecule has 1 unspecified atom stereocenters. The fourth-order valence-electron chi connectivity index (χ4n) is 4.37.